The van der Waals surface area contributed by atoms with Crippen LogP contribution in [0.2, 0.25) is 0 Å². The Kier molecular flexibility index (Phi) is 10.4. The zero-order valence-corrected chi connectivity index (χ0v) is 7.44. The molecule has 0 spiro atoms. The van der Waals surface area contributed by atoms with Crippen LogP contribution >= 0.6 is 12.3 Å². The van der Waals surface area contributed by atoms with Crippen molar-refractivity contribution in [3.8, 4) is 0 Å². The molecule has 0 aromatic rings. The summed E-state index contributed by atoms with van der Waals surface area (Å²) < 4.78 is 9.99. The topological polar surface area (TPSA) is 70.5 Å². The first-order chi connectivity index (χ1) is 5.41. The Balaban J connectivity index is 2.69. The first-order valence-electron chi connectivity index (χ1n) is 3.73. The van der Waals surface area contributed by atoms with Crippen LogP contribution in [0.15, 0.2) is 0 Å². The minimum Gasteiger partial charge on any atom is -0.330 e. The van der Waals surface area contributed by atoms with Crippen molar-refractivity contribution < 1.29 is 8.37 Å². The van der Waals surface area contributed by atoms with Crippen LogP contribution in [0.25, 0.3) is 0 Å². The largest absolute Gasteiger partial charge is 0.330 e. The van der Waals surface area contributed by atoms with Crippen LogP contribution in [0.4, 0.5) is 0 Å². The molecule has 0 aliphatic rings. The van der Waals surface area contributed by atoms with Crippen LogP contribution in [-0.2, 0) is 8.37 Å². The van der Waals surface area contributed by atoms with E-state index in [0.29, 0.717) is 26.3 Å². The van der Waals surface area contributed by atoms with Gasteiger partial charge in [0, 0.05) is 0 Å². The van der Waals surface area contributed by atoms with Gasteiger partial charge in [-0.15, -0.1) is 0 Å². The highest BCUT2D eigenvalue weighted by molar-refractivity contribution is 7.89. The quantitative estimate of drug-likeness (QED) is 0.415. The fourth-order valence-electron chi connectivity index (χ4n) is 0.387. The van der Waals surface area contributed by atoms with Crippen molar-refractivity contribution in [2.45, 2.75) is 12.8 Å². The summed E-state index contributed by atoms with van der Waals surface area (Å²) in [6, 6.07) is 0. The molecule has 68 valence electrons. The van der Waals surface area contributed by atoms with Gasteiger partial charge in [0.05, 0.1) is 13.2 Å². The van der Waals surface area contributed by atoms with Crippen LogP contribution < -0.4 is 11.5 Å². The predicted molar refractivity (Wildman–Crippen MR) is 46.8 cm³/mol. The van der Waals surface area contributed by atoms with Gasteiger partial charge in [0.1, 0.15) is 0 Å². The minimum atomic E-state index is 0.643. The number of rotatable bonds is 8. The normalized spacial score (nSPS) is 10.4. The maximum atomic E-state index is 5.24. The zero-order chi connectivity index (χ0) is 8.36. The molecule has 0 amide bonds. The van der Waals surface area contributed by atoms with Gasteiger partial charge in [0.15, 0.2) is 12.3 Å². The lowest BCUT2D eigenvalue weighted by Gasteiger charge is -2.00. The second-order valence-electron chi connectivity index (χ2n) is 2.00. The van der Waals surface area contributed by atoms with E-state index in [9.17, 15) is 0 Å². The highest BCUT2D eigenvalue weighted by Crippen LogP contribution is 2.04. The fraction of sp³-hybridized carbons (Fsp3) is 1.00. The second-order valence-corrected chi connectivity index (χ2v) is 2.60. The Bertz CT molecular complexity index is 67.6. The van der Waals surface area contributed by atoms with Gasteiger partial charge >= 0.3 is 0 Å². The second kappa shape index (κ2) is 10.2. The van der Waals surface area contributed by atoms with E-state index in [1.807, 2.05) is 0 Å². The molecule has 0 heterocycles. The third kappa shape index (κ3) is 10.2. The summed E-state index contributed by atoms with van der Waals surface area (Å²) in [4.78, 5) is 0. The van der Waals surface area contributed by atoms with Gasteiger partial charge in [-0.1, -0.05) is 0 Å². The predicted octanol–water partition coefficient (Wildman–Crippen LogP) is 0.280. The maximum absolute atomic E-state index is 5.24. The molecular weight excluding hydrogens is 164 g/mol. The van der Waals surface area contributed by atoms with E-state index in [-0.39, 0.29) is 0 Å². The Labute approximate surface area is 72.0 Å². The Morgan fingerprint density at radius 2 is 1.36 bits per heavy atom. The van der Waals surface area contributed by atoms with Gasteiger partial charge in [-0.2, -0.15) is 0 Å². The molecule has 0 bridgehead atoms. The molecule has 4 N–H and O–H groups in total. The van der Waals surface area contributed by atoms with Crippen molar-refractivity contribution in [1.29, 1.82) is 0 Å². The first-order valence-corrected chi connectivity index (χ1v) is 4.39. The molecule has 0 radical (unpaired) electrons. The van der Waals surface area contributed by atoms with Gasteiger partial charge in [0.25, 0.3) is 0 Å². The molecular formula is C6H16N2O2S. The zero-order valence-electron chi connectivity index (χ0n) is 6.62. The number of hydrogen-bond donors (Lipinski definition) is 2. The first kappa shape index (κ1) is 11.2. The molecule has 0 aliphatic heterocycles. The van der Waals surface area contributed by atoms with Crippen molar-refractivity contribution >= 4 is 12.3 Å². The Morgan fingerprint density at radius 3 is 1.73 bits per heavy atom. The Hall–Kier alpha value is 0.190. The lowest BCUT2D eigenvalue weighted by Crippen LogP contribution is -2.03. The van der Waals surface area contributed by atoms with E-state index < -0.39 is 0 Å². The van der Waals surface area contributed by atoms with Crippen LogP contribution in [-0.4, -0.2) is 26.3 Å². The van der Waals surface area contributed by atoms with E-state index >= 15 is 0 Å². The summed E-state index contributed by atoms with van der Waals surface area (Å²) in [5, 5.41) is 0. The molecule has 0 unspecified atom stereocenters. The third-order valence-corrected chi connectivity index (χ3v) is 1.49. The third-order valence-electron chi connectivity index (χ3n) is 0.960. The monoisotopic (exact) mass is 180 g/mol. The molecule has 0 rings (SSSR count). The van der Waals surface area contributed by atoms with Crippen molar-refractivity contribution in [3.05, 3.63) is 0 Å². The van der Waals surface area contributed by atoms with Crippen molar-refractivity contribution in [2.75, 3.05) is 26.3 Å². The van der Waals surface area contributed by atoms with Crippen molar-refractivity contribution in [1.82, 2.24) is 0 Å². The lowest BCUT2D eigenvalue weighted by atomic mass is 10.5. The van der Waals surface area contributed by atoms with E-state index in [1.165, 1.54) is 0 Å². The van der Waals surface area contributed by atoms with Crippen LogP contribution in [0.3, 0.4) is 0 Å². The Morgan fingerprint density at radius 1 is 0.909 bits per heavy atom. The summed E-state index contributed by atoms with van der Waals surface area (Å²) in [5.41, 5.74) is 10.5. The average molecular weight is 180 g/mol. The number of hydrogen-bond acceptors (Lipinski definition) is 5. The molecule has 0 saturated heterocycles. The van der Waals surface area contributed by atoms with Crippen LogP contribution in [0, 0.1) is 0 Å². The molecule has 5 heteroatoms. The summed E-state index contributed by atoms with van der Waals surface area (Å²) in [7, 11) is 0. The van der Waals surface area contributed by atoms with Gasteiger partial charge in [-0.25, -0.2) is 0 Å². The van der Waals surface area contributed by atoms with Crippen LogP contribution in [0.1, 0.15) is 12.8 Å². The molecule has 0 aromatic carbocycles. The van der Waals surface area contributed by atoms with E-state index in [0.717, 1.165) is 25.2 Å². The van der Waals surface area contributed by atoms with Gasteiger partial charge in [-0.3, -0.25) is 8.37 Å². The van der Waals surface area contributed by atoms with E-state index in [1.54, 1.807) is 0 Å². The summed E-state index contributed by atoms with van der Waals surface area (Å²) in [6.07, 6.45) is 1.74. The molecule has 0 fully saturated rings. The molecule has 0 aliphatic carbocycles. The van der Waals surface area contributed by atoms with E-state index in [4.69, 9.17) is 19.8 Å². The molecule has 0 aromatic heterocycles. The summed E-state index contributed by atoms with van der Waals surface area (Å²) in [5.74, 6) is 0. The number of nitrogens with two attached hydrogens (primary N) is 2. The smallest absolute Gasteiger partial charge is 0.158 e. The summed E-state index contributed by atoms with van der Waals surface area (Å²) in [6.45, 7) is 2.60. The molecule has 0 atom stereocenters. The van der Waals surface area contributed by atoms with Gasteiger partial charge in [-0.05, 0) is 25.9 Å². The highest BCUT2D eigenvalue weighted by Gasteiger charge is 1.89. The van der Waals surface area contributed by atoms with Crippen LogP contribution in [0.5, 0.6) is 0 Å². The maximum Gasteiger partial charge on any atom is 0.158 e. The SMILES string of the molecule is NCCCOSOCCCN. The fourth-order valence-corrected chi connectivity index (χ4v) is 0.826. The van der Waals surface area contributed by atoms with Gasteiger partial charge in [0.2, 0.25) is 0 Å². The van der Waals surface area contributed by atoms with Crippen molar-refractivity contribution in [2.24, 2.45) is 11.5 Å². The lowest BCUT2D eigenvalue weighted by molar-refractivity contribution is 0.282. The standard InChI is InChI=1S/C6H16N2O2S/c7-3-1-5-9-11-10-6-2-4-8/h1-8H2. The highest BCUT2D eigenvalue weighted by atomic mass is 32.2. The molecule has 11 heavy (non-hydrogen) atoms. The van der Waals surface area contributed by atoms with Crippen molar-refractivity contribution in [3.63, 3.8) is 0 Å². The molecule has 0 saturated carbocycles. The molecule has 4 nitrogen and oxygen atoms in total. The minimum absolute atomic E-state index is 0.643. The van der Waals surface area contributed by atoms with Gasteiger partial charge < -0.3 is 11.5 Å². The van der Waals surface area contributed by atoms with E-state index in [2.05, 4.69) is 0 Å². The average Bonchev–Trinajstić information content (AvgIpc) is 2.03. The summed E-state index contributed by atoms with van der Waals surface area (Å²) >= 11 is 1.02.